The largest absolute Gasteiger partial charge is 0.387 e. The highest BCUT2D eigenvalue weighted by Crippen LogP contribution is 2.24. The summed E-state index contributed by atoms with van der Waals surface area (Å²) in [6.07, 6.45) is 0.511. The molecule has 4 nitrogen and oxygen atoms in total. The Morgan fingerprint density at radius 2 is 2.23 bits per heavy atom. The second-order valence-electron chi connectivity index (χ2n) is 3.10. The molecular formula is C8H14N4S. The number of thiazole rings is 1. The third kappa shape index (κ3) is 2.42. The molecule has 0 aliphatic heterocycles. The van der Waals surface area contributed by atoms with Gasteiger partial charge in [-0.25, -0.2) is 4.98 Å². The predicted octanol–water partition coefficient (Wildman–Crippen LogP) is 0.996. The predicted molar refractivity (Wildman–Crippen MR) is 56.8 cm³/mol. The van der Waals surface area contributed by atoms with Crippen molar-refractivity contribution < 1.29 is 0 Å². The number of hydrogen-bond acceptors (Lipinski definition) is 4. The molecule has 1 rings (SSSR count). The van der Waals surface area contributed by atoms with E-state index in [1.165, 1.54) is 0 Å². The van der Waals surface area contributed by atoms with Gasteiger partial charge in [-0.3, -0.25) is 5.41 Å². The number of anilines is 1. The van der Waals surface area contributed by atoms with Crippen LogP contribution in [0.5, 0.6) is 0 Å². The Bertz CT molecular complexity index is 316. The molecule has 3 N–H and O–H groups in total. The van der Waals surface area contributed by atoms with E-state index in [9.17, 15) is 0 Å². The molecule has 0 aromatic carbocycles. The summed E-state index contributed by atoms with van der Waals surface area (Å²) in [5, 5.41) is 8.15. The van der Waals surface area contributed by atoms with Crippen LogP contribution in [0.3, 0.4) is 0 Å². The lowest BCUT2D eigenvalue weighted by atomic mass is 10.3. The molecule has 13 heavy (non-hydrogen) atoms. The summed E-state index contributed by atoms with van der Waals surface area (Å²) in [7, 11) is 3.91. The molecule has 0 radical (unpaired) electrons. The Labute approximate surface area is 81.9 Å². The van der Waals surface area contributed by atoms with Gasteiger partial charge in [-0.05, 0) is 6.92 Å². The highest BCUT2D eigenvalue weighted by molar-refractivity contribution is 7.15. The van der Waals surface area contributed by atoms with Gasteiger partial charge in [-0.2, -0.15) is 0 Å². The molecule has 0 fully saturated rings. The smallest absolute Gasteiger partial charge is 0.185 e. The van der Waals surface area contributed by atoms with Crippen molar-refractivity contribution >= 4 is 22.3 Å². The zero-order valence-corrected chi connectivity index (χ0v) is 8.90. The van der Waals surface area contributed by atoms with E-state index >= 15 is 0 Å². The van der Waals surface area contributed by atoms with Gasteiger partial charge in [0.25, 0.3) is 0 Å². The van der Waals surface area contributed by atoms with Crippen LogP contribution < -0.4 is 10.6 Å². The minimum Gasteiger partial charge on any atom is -0.387 e. The fourth-order valence-electron chi connectivity index (χ4n) is 0.941. The van der Waals surface area contributed by atoms with Gasteiger partial charge in [0.1, 0.15) is 0 Å². The number of rotatable bonds is 3. The maximum Gasteiger partial charge on any atom is 0.185 e. The summed E-state index contributed by atoms with van der Waals surface area (Å²) in [6, 6.07) is 0. The zero-order valence-electron chi connectivity index (χ0n) is 8.09. The molecule has 0 aliphatic carbocycles. The van der Waals surface area contributed by atoms with Crippen LogP contribution >= 0.6 is 11.3 Å². The lowest BCUT2D eigenvalue weighted by molar-refractivity contribution is 1.08. The third-order valence-electron chi connectivity index (χ3n) is 1.61. The van der Waals surface area contributed by atoms with Gasteiger partial charge in [-0.15, -0.1) is 11.3 Å². The second kappa shape index (κ2) is 3.74. The number of nitrogens with one attached hydrogen (secondary N) is 1. The van der Waals surface area contributed by atoms with Gasteiger partial charge in [0.2, 0.25) is 0 Å². The summed E-state index contributed by atoms with van der Waals surface area (Å²) in [5.41, 5.74) is 6.30. The minimum absolute atomic E-state index is 0.192. The van der Waals surface area contributed by atoms with Gasteiger partial charge in [0.15, 0.2) is 5.13 Å². The van der Waals surface area contributed by atoms with Gasteiger partial charge >= 0.3 is 0 Å². The van der Waals surface area contributed by atoms with Crippen LogP contribution in [-0.4, -0.2) is 24.9 Å². The number of aryl methyl sites for hydroxylation is 1. The van der Waals surface area contributed by atoms with E-state index in [-0.39, 0.29) is 5.84 Å². The molecule has 0 bridgehead atoms. The zero-order chi connectivity index (χ0) is 10.0. The molecule has 0 saturated carbocycles. The SMILES string of the molecule is Cc1nc(N(C)C)sc1CC(=N)N. The molecular weight excluding hydrogens is 184 g/mol. The lowest BCUT2D eigenvalue weighted by Crippen LogP contribution is -2.12. The first kappa shape index (κ1) is 9.98. The summed E-state index contributed by atoms with van der Waals surface area (Å²) in [4.78, 5) is 7.39. The van der Waals surface area contributed by atoms with Crippen molar-refractivity contribution in [3.63, 3.8) is 0 Å². The molecule has 0 amide bonds. The molecule has 0 aliphatic rings. The Balaban J connectivity index is 2.89. The van der Waals surface area contributed by atoms with Crippen LogP contribution in [0.4, 0.5) is 5.13 Å². The van der Waals surface area contributed by atoms with Crippen LogP contribution in [0.15, 0.2) is 0 Å². The average Bonchev–Trinajstić information content (AvgIpc) is 2.31. The van der Waals surface area contributed by atoms with E-state index in [0.29, 0.717) is 6.42 Å². The van der Waals surface area contributed by atoms with E-state index < -0.39 is 0 Å². The van der Waals surface area contributed by atoms with Crippen LogP contribution in [0, 0.1) is 12.3 Å². The van der Waals surface area contributed by atoms with Crippen molar-refractivity contribution in [1.29, 1.82) is 5.41 Å². The summed E-state index contributed by atoms with van der Waals surface area (Å²) in [6.45, 7) is 1.95. The summed E-state index contributed by atoms with van der Waals surface area (Å²) >= 11 is 1.59. The molecule has 0 spiro atoms. The van der Waals surface area contributed by atoms with Crippen LogP contribution in [0.1, 0.15) is 10.6 Å². The fraction of sp³-hybridized carbons (Fsp3) is 0.500. The van der Waals surface area contributed by atoms with E-state index in [0.717, 1.165) is 15.7 Å². The van der Waals surface area contributed by atoms with Crippen molar-refractivity contribution in [2.45, 2.75) is 13.3 Å². The standard InChI is InChI=1S/C8H14N4S/c1-5-6(4-7(9)10)13-8(11-5)12(2)3/h4H2,1-3H3,(H3,9,10). The second-order valence-corrected chi connectivity index (χ2v) is 4.16. The van der Waals surface area contributed by atoms with Gasteiger partial charge < -0.3 is 10.6 Å². The van der Waals surface area contributed by atoms with E-state index in [2.05, 4.69) is 4.98 Å². The average molecular weight is 198 g/mol. The number of nitrogens with zero attached hydrogens (tertiary/aromatic N) is 2. The maximum atomic E-state index is 7.19. The first-order chi connectivity index (χ1) is 6.00. The number of nitrogens with two attached hydrogens (primary N) is 1. The van der Waals surface area contributed by atoms with Crippen molar-refractivity contribution in [3.05, 3.63) is 10.6 Å². The maximum absolute atomic E-state index is 7.19. The number of amidine groups is 1. The number of aromatic nitrogens is 1. The van der Waals surface area contributed by atoms with Gasteiger partial charge in [-0.1, -0.05) is 0 Å². The highest BCUT2D eigenvalue weighted by atomic mass is 32.1. The molecule has 0 saturated heterocycles. The summed E-state index contributed by atoms with van der Waals surface area (Å²) in [5.74, 6) is 0.192. The van der Waals surface area contributed by atoms with Crippen molar-refractivity contribution in [1.82, 2.24) is 4.98 Å². The molecule has 72 valence electrons. The highest BCUT2D eigenvalue weighted by Gasteiger charge is 2.09. The third-order valence-corrected chi connectivity index (χ3v) is 2.94. The van der Waals surface area contributed by atoms with Gasteiger partial charge in [0.05, 0.1) is 11.5 Å². The Morgan fingerprint density at radius 3 is 2.62 bits per heavy atom. The Morgan fingerprint density at radius 1 is 1.62 bits per heavy atom. The Hall–Kier alpha value is -1.10. The first-order valence-electron chi connectivity index (χ1n) is 3.97. The Kier molecular flexibility index (Phi) is 2.87. The van der Waals surface area contributed by atoms with Crippen molar-refractivity contribution in [3.8, 4) is 0 Å². The lowest BCUT2D eigenvalue weighted by Gasteiger charge is -2.05. The van der Waals surface area contributed by atoms with Crippen molar-refractivity contribution in [2.75, 3.05) is 19.0 Å². The van der Waals surface area contributed by atoms with Gasteiger partial charge in [0, 0.05) is 25.4 Å². The minimum atomic E-state index is 0.192. The van der Waals surface area contributed by atoms with E-state index in [1.807, 2.05) is 25.9 Å². The van der Waals surface area contributed by atoms with Crippen LogP contribution in [0.25, 0.3) is 0 Å². The van der Waals surface area contributed by atoms with E-state index in [4.69, 9.17) is 11.1 Å². The molecule has 1 aromatic rings. The molecule has 0 unspecified atom stereocenters. The molecule has 1 heterocycles. The molecule has 5 heteroatoms. The topological polar surface area (TPSA) is 66.0 Å². The monoisotopic (exact) mass is 198 g/mol. The van der Waals surface area contributed by atoms with E-state index in [1.54, 1.807) is 11.3 Å². The summed E-state index contributed by atoms with van der Waals surface area (Å²) < 4.78 is 0. The van der Waals surface area contributed by atoms with Crippen LogP contribution in [0.2, 0.25) is 0 Å². The van der Waals surface area contributed by atoms with Crippen molar-refractivity contribution in [2.24, 2.45) is 5.73 Å². The normalized spacial score (nSPS) is 10.1. The van der Waals surface area contributed by atoms with Crippen LogP contribution in [-0.2, 0) is 6.42 Å². The molecule has 0 atom stereocenters. The first-order valence-corrected chi connectivity index (χ1v) is 4.79. The number of hydrogen-bond donors (Lipinski definition) is 2. The quantitative estimate of drug-likeness (QED) is 0.562. The molecule has 1 aromatic heterocycles. The fourth-order valence-corrected chi connectivity index (χ4v) is 1.95.